The maximum absolute atomic E-state index is 14.2. The largest absolute Gasteiger partial charge is 0.493 e. The number of methoxy groups -OCH3 is 1. The number of hydrogen-bond donors (Lipinski definition) is 2. The Morgan fingerprint density at radius 3 is 2.86 bits per heavy atom. The van der Waals surface area contributed by atoms with Crippen LogP contribution in [0.4, 0.5) is 4.39 Å². The number of nitrogens with zero attached hydrogens (tertiary/aromatic N) is 3. The maximum atomic E-state index is 14.2. The molecule has 1 aromatic carbocycles. The first-order chi connectivity index (χ1) is 16.9. The summed E-state index contributed by atoms with van der Waals surface area (Å²) in [5.41, 5.74) is 3.01. The first kappa shape index (κ1) is 23.2. The molecule has 0 radical (unpaired) electrons. The lowest BCUT2D eigenvalue weighted by atomic mass is 10.1. The highest BCUT2D eigenvalue weighted by molar-refractivity contribution is 6.09. The molecule has 2 fully saturated rings. The van der Waals surface area contributed by atoms with E-state index in [1.165, 1.54) is 25.6 Å². The number of benzene rings is 1. The Morgan fingerprint density at radius 2 is 2.09 bits per heavy atom. The number of aromatic amines is 1. The summed E-state index contributed by atoms with van der Waals surface area (Å²) in [6, 6.07) is 4.20. The maximum Gasteiger partial charge on any atom is 0.255 e. The molecule has 10 heteroatoms. The van der Waals surface area contributed by atoms with Gasteiger partial charge in [-0.05, 0) is 50.3 Å². The Hall–Kier alpha value is -3.53. The Morgan fingerprint density at radius 1 is 1.26 bits per heavy atom. The zero-order chi connectivity index (χ0) is 24.5. The third kappa shape index (κ3) is 4.84. The lowest BCUT2D eigenvalue weighted by Crippen LogP contribution is -2.39. The molecule has 0 spiro atoms. The van der Waals surface area contributed by atoms with E-state index >= 15 is 0 Å². The van der Waals surface area contributed by atoms with Gasteiger partial charge in [0.25, 0.3) is 5.91 Å². The van der Waals surface area contributed by atoms with E-state index in [2.05, 4.69) is 20.3 Å². The van der Waals surface area contributed by atoms with Gasteiger partial charge >= 0.3 is 0 Å². The fraction of sp³-hybridized carbons (Fsp3) is 0.440. The number of carbonyl (C=O) groups is 2. The van der Waals surface area contributed by atoms with Crippen molar-refractivity contribution in [1.29, 1.82) is 0 Å². The molecule has 5 rings (SSSR count). The molecule has 3 heterocycles. The highest BCUT2D eigenvalue weighted by atomic mass is 19.1. The number of fused-ring (bicyclic) bond motifs is 1. The van der Waals surface area contributed by atoms with E-state index in [9.17, 15) is 14.0 Å². The van der Waals surface area contributed by atoms with Gasteiger partial charge in [0.2, 0.25) is 5.91 Å². The van der Waals surface area contributed by atoms with Gasteiger partial charge in [0.1, 0.15) is 35.7 Å². The molecule has 1 saturated heterocycles. The molecule has 2 aromatic heterocycles. The third-order valence-electron chi connectivity index (χ3n) is 6.51. The zero-order valence-corrected chi connectivity index (χ0v) is 19.8. The zero-order valence-electron chi connectivity index (χ0n) is 19.8. The molecule has 2 amide bonds. The van der Waals surface area contributed by atoms with Crippen LogP contribution in [0.3, 0.4) is 0 Å². The van der Waals surface area contributed by atoms with Crippen LogP contribution in [0.5, 0.6) is 5.75 Å². The van der Waals surface area contributed by atoms with Gasteiger partial charge in [-0.2, -0.15) is 0 Å². The van der Waals surface area contributed by atoms with E-state index in [1.807, 2.05) is 0 Å². The minimum atomic E-state index is -0.402. The van der Waals surface area contributed by atoms with Gasteiger partial charge < -0.3 is 24.7 Å². The summed E-state index contributed by atoms with van der Waals surface area (Å²) in [5.74, 6) is 0.301. The summed E-state index contributed by atoms with van der Waals surface area (Å²) in [4.78, 5) is 39.0. The van der Waals surface area contributed by atoms with Crippen LogP contribution in [0.15, 0.2) is 24.5 Å². The molecule has 9 nitrogen and oxygen atoms in total. The second-order valence-electron chi connectivity index (χ2n) is 9.20. The summed E-state index contributed by atoms with van der Waals surface area (Å²) >= 11 is 0. The van der Waals surface area contributed by atoms with E-state index in [0.717, 1.165) is 12.8 Å². The molecule has 2 aliphatic rings. The number of H-pyrrole nitrogens is 1. The predicted octanol–water partition coefficient (Wildman–Crippen LogP) is 2.84. The summed E-state index contributed by atoms with van der Waals surface area (Å²) < 4.78 is 25.1. The van der Waals surface area contributed by atoms with Crippen LogP contribution >= 0.6 is 0 Å². The van der Waals surface area contributed by atoms with Crippen LogP contribution in [0.25, 0.3) is 22.3 Å². The molecule has 1 saturated carbocycles. The van der Waals surface area contributed by atoms with Gasteiger partial charge in [0, 0.05) is 37.5 Å². The number of halogens is 1. The number of hydrogen-bond acceptors (Lipinski definition) is 6. The lowest BCUT2D eigenvalue weighted by Gasteiger charge is -2.16. The Kier molecular flexibility index (Phi) is 6.38. The van der Waals surface area contributed by atoms with Crippen molar-refractivity contribution in [3.05, 3.63) is 41.6 Å². The Labute approximate surface area is 202 Å². The van der Waals surface area contributed by atoms with Gasteiger partial charge in [-0.15, -0.1) is 0 Å². The van der Waals surface area contributed by atoms with Gasteiger partial charge in [-0.25, -0.2) is 14.4 Å². The minimum Gasteiger partial charge on any atom is -0.493 e. The number of amides is 2. The van der Waals surface area contributed by atoms with Crippen LogP contribution < -0.4 is 10.1 Å². The van der Waals surface area contributed by atoms with Crippen LogP contribution in [0.2, 0.25) is 0 Å². The van der Waals surface area contributed by atoms with E-state index in [0.29, 0.717) is 71.3 Å². The summed E-state index contributed by atoms with van der Waals surface area (Å²) in [6.45, 7) is 3.39. The molecule has 1 aliphatic carbocycles. The summed E-state index contributed by atoms with van der Waals surface area (Å²) in [6.07, 6.45) is 4.32. The highest BCUT2D eigenvalue weighted by Crippen LogP contribution is 2.36. The molecular weight excluding hydrogens is 453 g/mol. The summed E-state index contributed by atoms with van der Waals surface area (Å²) in [7, 11) is 1.48. The van der Waals surface area contributed by atoms with Crippen molar-refractivity contribution >= 4 is 22.8 Å². The molecule has 1 atom stereocenters. The van der Waals surface area contributed by atoms with Crippen molar-refractivity contribution < 1.29 is 23.5 Å². The number of aromatic nitrogens is 3. The van der Waals surface area contributed by atoms with Crippen LogP contribution in [-0.2, 0) is 9.53 Å². The van der Waals surface area contributed by atoms with E-state index in [4.69, 9.17) is 9.47 Å². The smallest absolute Gasteiger partial charge is 0.255 e. The van der Waals surface area contributed by atoms with E-state index in [1.54, 1.807) is 17.9 Å². The predicted molar refractivity (Wildman–Crippen MR) is 127 cm³/mol. The molecule has 2 N–H and O–H groups in total. The molecule has 3 aromatic rings. The number of rotatable bonds is 8. The van der Waals surface area contributed by atoms with Gasteiger partial charge in [0.15, 0.2) is 0 Å². The Balaban J connectivity index is 1.42. The van der Waals surface area contributed by atoms with Crippen molar-refractivity contribution in [2.75, 3.05) is 33.4 Å². The SMILES string of the molecule is COCC(=O)N1CCC(NC(=O)c2c(C)[nH]c3c(-c4cc(F)ccc4OCC4CC4)ncnc23)C1. The second kappa shape index (κ2) is 9.61. The first-order valence-corrected chi connectivity index (χ1v) is 11.8. The monoisotopic (exact) mass is 481 g/mol. The van der Waals surface area contributed by atoms with E-state index < -0.39 is 5.82 Å². The van der Waals surface area contributed by atoms with Crippen molar-refractivity contribution in [2.24, 2.45) is 5.92 Å². The van der Waals surface area contributed by atoms with E-state index in [-0.39, 0.29) is 24.5 Å². The molecular formula is C25H28FN5O4. The van der Waals surface area contributed by atoms with Crippen LogP contribution in [0.1, 0.15) is 35.3 Å². The molecule has 184 valence electrons. The number of ether oxygens (including phenoxy) is 2. The average Bonchev–Trinajstić information content (AvgIpc) is 3.43. The lowest BCUT2D eigenvalue weighted by molar-refractivity contribution is -0.134. The normalized spacial score (nSPS) is 17.7. The number of aryl methyl sites for hydroxylation is 1. The van der Waals surface area contributed by atoms with Crippen LogP contribution in [-0.4, -0.2) is 71.1 Å². The molecule has 1 aliphatic heterocycles. The summed E-state index contributed by atoms with van der Waals surface area (Å²) in [5, 5.41) is 3.02. The van der Waals surface area contributed by atoms with Gasteiger partial charge in [-0.1, -0.05) is 0 Å². The minimum absolute atomic E-state index is 0.0222. The molecule has 35 heavy (non-hydrogen) atoms. The van der Waals surface area contributed by atoms with Crippen molar-refractivity contribution in [3.8, 4) is 17.0 Å². The number of carbonyl (C=O) groups excluding carboxylic acids is 2. The fourth-order valence-corrected chi connectivity index (χ4v) is 4.49. The standard InChI is InChI=1S/C25H28FN5O4/c1-14-21(25(33)30-17-7-8-31(10-17)20(32)12-34-2)23-24(29-14)22(27-13-28-23)18-9-16(26)5-6-19(18)35-11-15-3-4-15/h5-6,9,13,15,17,29H,3-4,7-8,10-12H2,1-2H3,(H,30,33). The quantitative estimate of drug-likeness (QED) is 0.512. The van der Waals surface area contributed by atoms with Crippen LogP contribution in [0, 0.1) is 18.7 Å². The van der Waals surface area contributed by atoms with Gasteiger partial charge in [-0.3, -0.25) is 9.59 Å². The topological polar surface area (TPSA) is 109 Å². The van der Waals surface area contributed by atoms with Crippen molar-refractivity contribution in [3.63, 3.8) is 0 Å². The molecule has 1 unspecified atom stereocenters. The second-order valence-corrected chi connectivity index (χ2v) is 9.20. The molecule has 0 bridgehead atoms. The first-order valence-electron chi connectivity index (χ1n) is 11.8. The highest BCUT2D eigenvalue weighted by Gasteiger charge is 2.29. The van der Waals surface area contributed by atoms with Crippen molar-refractivity contribution in [2.45, 2.75) is 32.2 Å². The van der Waals surface area contributed by atoms with Gasteiger partial charge in [0.05, 0.1) is 17.7 Å². The van der Waals surface area contributed by atoms with Crippen molar-refractivity contribution in [1.82, 2.24) is 25.2 Å². The fourth-order valence-electron chi connectivity index (χ4n) is 4.49. The average molecular weight is 482 g/mol. The number of likely N-dealkylation sites (tertiary alicyclic amines) is 1. The third-order valence-corrected chi connectivity index (χ3v) is 6.51. The number of nitrogens with one attached hydrogen (secondary N) is 2. The Bertz CT molecular complexity index is 1270.